The van der Waals surface area contributed by atoms with E-state index in [4.69, 9.17) is 28.2 Å². The van der Waals surface area contributed by atoms with Crippen LogP contribution in [0.2, 0.25) is 5.02 Å². The van der Waals surface area contributed by atoms with Gasteiger partial charge in [0.25, 0.3) is 0 Å². The molecule has 0 aliphatic carbocycles. The van der Waals surface area contributed by atoms with Crippen LogP contribution in [-0.4, -0.2) is 53.1 Å². The fourth-order valence-electron chi connectivity index (χ4n) is 2.75. The minimum Gasteiger partial charge on any atom is -0.480 e. The Morgan fingerprint density at radius 3 is 2.41 bits per heavy atom. The number of amides is 1. The predicted molar refractivity (Wildman–Crippen MR) is 101 cm³/mol. The molecule has 9 heteroatoms. The average molecular weight is 400 g/mol. The number of rotatable bonds is 11. The van der Waals surface area contributed by atoms with Crippen LogP contribution >= 0.6 is 11.6 Å². The number of aliphatic carboxylic acids is 1. The van der Waals surface area contributed by atoms with Gasteiger partial charge in [-0.15, -0.1) is 0 Å². The first kappa shape index (κ1) is 23.0. The highest BCUT2D eigenvalue weighted by Crippen LogP contribution is 2.26. The number of aliphatic hydroxyl groups excluding tert-OH is 1. The molecule has 1 aromatic carbocycles. The van der Waals surface area contributed by atoms with Gasteiger partial charge in [0.15, 0.2) is 0 Å². The van der Waals surface area contributed by atoms with E-state index in [0.29, 0.717) is 17.0 Å². The standard InChI is InChI=1S/C18H26ClN3O5/c1-10(23)14(17(25)22-15(9-21)18(26)27)8-16(24)13(5-6-20)11-3-2-4-12(19)7-11/h2-4,7,10,13-15,23H,5-6,8-9,20-21H2,1H3,(H,22,25)(H,26,27)/t10?,13?,14-,15-/m0/s1. The Bertz CT molecular complexity index is 668. The predicted octanol–water partition coefficient (Wildman–Crippen LogP) is 0.257. The second-order valence-electron chi connectivity index (χ2n) is 6.34. The van der Waals surface area contributed by atoms with Crippen LogP contribution in [0.25, 0.3) is 0 Å². The van der Waals surface area contributed by atoms with Gasteiger partial charge in [-0.25, -0.2) is 4.79 Å². The quantitative estimate of drug-likeness (QED) is 0.357. The molecule has 0 bridgehead atoms. The van der Waals surface area contributed by atoms with E-state index in [-0.39, 0.29) is 25.3 Å². The number of carboxylic acids is 1. The summed E-state index contributed by atoms with van der Waals surface area (Å²) in [7, 11) is 0. The fourth-order valence-corrected chi connectivity index (χ4v) is 2.94. The summed E-state index contributed by atoms with van der Waals surface area (Å²) >= 11 is 5.99. The lowest BCUT2D eigenvalue weighted by Gasteiger charge is -2.23. The average Bonchev–Trinajstić information content (AvgIpc) is 2.61. The van der Waals surface area contributed by atoms with Gasteiger partial charge in [0.1, 0.15) is 11.8 Å². The molecule has 0 spiro atoms. The van der Waals surface area contributed by atoms with Crippen LogP contribution in [-0.2, 0) is 14.4 Å². The zero-order chi connectivity index (χ0) is 20.6. The molecule has 1 amide bonds. The third-order valence-electron chi connectivity index (χ3n) is 4.29. The highest BCUT2D eigenvalue weighted by molar-refractivity contribution is 6.30. The lowest BCUT2D eigenvalue weighted by atomic mass is 9.85. The van der Waals surface area contributed by atoms with E-state index >= 15 is 0 Å². The number of hydrogen-bond acceptors (Lipinski definition) is 6. The van der Waals surface area contributed by atoms with Crippen LogP contribution in [0.15, 0.2) is 24.3 Å². The van der Waals surface area contributed by atoms with Crippen molar-refractivity contribution in [1.82, 2.24) is 5.32 Å². The summed E-state index contributed by atoms with van der Waals surface area (Å²) in [5.74, 6) is -4.00. The zero-order valence-electron chi connectivity index (χ0n) is 15.1. The molecule has 4 atom stereocenters. The molecule has 0 aliphatic rings. The molecule has 27 heavy (non-hydrogen) atoms. The lowest BCUT2D eigenvalue weighted by Crippen LogP contribution is -2.49. The van der Waals surface area contributed by atoms with Gasteiger partial charge in [0.2, 0.25) is 5.91 Å². The maximum Gasteiger partial charge on any atom is 0.327 e. The Labute approximate surface area is 162 Å². The smallest absolute Gasteiger partial charge is 0.327 e. The zero-order valence-corrected chi connectivity index (χ0v) is 15.9. The van der Waals surface area contributed by atoms with Gasteiger partial charge >= 0.3 is 5.97 Å². The number of carboxylic acid groups (broad SMARTS) is 1. The van der Waals surface area contributed by atoms with E-state index in [1.54, 1.807) is 24.3 Å². The van der Waals surface area contributed by atoms with Gasteiger partial charge in [-0.05, 0) is 37.6 Å². The minimum absolute atomic E-state index is 0.253. The Kier molecular flexibility index (Phi) is 9.37. The number of nitrogens with one attached hydrogen (secondary N) is 1. The van der Waals surface area contributed by atoms with Crippen LogP contribution in [0.1, 0.15) is 31.2 Å². The van der Waals surface area contributed by atoms with Crippen molar-refractivity contribution in [2.75, 3.05) is 13.1 Å². The van der Waals surface area contributed by atoms with Crippen LogP contribution in [0, 0.1) is 5.92 Å². The van der Waals surface area contributed by atoms with Crippen molar-refractivity contribution in [1.29, 1.82) is 0 Å². The largest absolute Gasteiger partial charge is 0.480 e. The Morgan fingerprint density at radius 1 is 1.26 bits per heavy atom. The molecule has 0 saturated carbocycles. The van der Waals surface area contributed by atoms with Crippen molar-refractivity contribution in [3.05, 3.63) is 34.9 Å². The maximum atomic E-state index is 12.8. The molecular formula is C18H26ClN3O5. The molecule has 1 rings (SSSR count). The summed E-state index contributed by atoms with van der Waals surface area (Å²) < 4.78 is 0. The van der Waals surface area contributed by atoms with E-state index in [1.807, 2.05) is 0 Å². The van der Waals surface area contributed by atoms with Crippen molar-refractivity contribution >= 4 is 29.3 Å². The number of aliphatic hydroxyl groups is 1. The lowest BCUT2D eigenvalue weighted by molar-refractivity contribution is -0.143. The van der Waals surface area contributed by atoms with Crippen molar-refractivity contribution in [2.45, 2.75) is 37.8 Å². The summed E-state index contributed by atoms with van der Waals surface area (Å²) in [6.07, 6.45) is -1.06. The number of carbonyl (C=O) groups is 3. The number of Topliss-reactive ketones (excluding diaryl/α,β-unsaturated/α-hetero) is 1. The van der Waals surface area contributed by atoms with Crippen LogP contribution < -0.4 is 16.8 Å². The van der Waals surface area contributed by atoms with Crippen LogP contribution in [0.4, 0.5) is 0 Å². The fraction of sp³-hybridized carbons (Fsp3) is 0.500. The second kappa shape index (κ2) is 11.0. The topological polar surface area (TPSA) is 156 Å². The molecule has 150 valence electrons. The van der Waals surface area contributed by atoms with Crippen molar-refractivity contribution in [3.63, 3.8) is 0 Å². The van der Waals surface area contributed by atoms with Gasteiger partial charge in [0, 0.05) is 23.9 Å². The van der Waals surface area contributed by atoms with Crippen molar-refractivity contribution in [3.8, 4) is 0 Å². The van der Waals surface area contributed by atoms with Crippen molar-refractivity contribution < 1.29 is 24.6 Å². The van der Waals surface area contributed by atoms with Gasteiger partial charge in [0.05, 0.1) is 12.0 Å². The number of nitrogens with two attached hydrogens (primary N) is 2. The second-order valence-corrected chi connectivity index (χ2v) is 6.77. The Balaban J connectivity index is 2.97. The summed E-state index contributed by atoms with van der Waals surface area (Å²) in [5, 5.41) is 21.7. The number of halogens is 1. The molecule has 8 nitrogen and oxygen atoms in total. The van der Waals surface area contributed by atoms with Gasteiger partial charge in [-0.2, -0.15) is 0 Å². The molecule has 0 fully saturated rings. The number of carbonyl (C=O) groups excluding carboxylic acids is 2. The molecule has 0 aromatic heterocycles. The first-order valence-electron chi connectivity index (χ1n) is 8.60. The summed E-state index contributed by atoms with van der Waals surface area (Å²) in [5.41, 5.74) is 11.6. The highest BCUT2D eigenvalue weighted by Gasteiger charge is 2.32. The molecule has 0 radical (unpaired) electrons. The first-order valence-corrected chi connectivity index (χ1v) is 8.98. The maximum absolute atomic E-state index is 12.8. The van der Waals surface area contributed by atoms with Gasteiger partial charge in [-0.3, -0.25) is 9.59 Å². The minimum atomic E-state index is -1.29. The molecule has 1 aromatic rings. The summed E-state index contributed by atoms with van der Waals surface area (Å²) in [6, 6.07) is 5.51. The number of ketones is 1. The Morgan fingerprint density at radius 2 is 1.93 bits per heavy atom. The van der Waals surface area contributed by atoms with Crippen molar-refractivity contribution in [2.24, 2.45) is 17.4 Å². The number of benzene rings is 1. The first-order chi connectivity index (χ1) is 12.7. The third kappa shape index (κ3) is 6.91. The molecule has 2 unspecified atom stereocenters. The van der Waals surface area contributed by atoms with E-state index in [1.165, 1.54) is 6.92 Å². The molecular weight excluding hydrogens is 374 g/mol. The normalized spacial score (nSPS) is 15.4. The molecule has 0 heterocycles. The summed E-state index contributed by atoms with van der Waals surface area (Å²) in [4.78, 5) is 36.2. The van der Waals surface area contributed by atoms with E-state index < -0.39 is 35.9 Å². The summed E-state index contributed by atoms with van der Waals surface area (Å²) in [6.45, 7) is 1.32. The third-order valence-corrected chi connectivity index (χ3v) is 4.52. The molecule has 0 saturated heterocycles. The van der Waals surface area contributed by atoms with Crippen LogP contribution in [0.5, 0.6) is 0 Å². The SMILES string of the molecule is CC(O)[C@H](CC(=O)C(CCN)c1cccc(Cl)c1)C(=O)N[C@@H](CN)C(=O)O. The number of hydrogen-bond donors (Lipinski definition) is 5. The van der Waals surface area contributed by atoms with Gasteiger partial charge in [-0.1, -0.05) is 23.7 Å². The van der Waals surface area contributed by atoms with E-state index in [0.717, 1.165) is 0 Å². The molecule has 7 N–H and O–H groups in total. The van der Waals surface area contributed by atoms with E-state index in [2.05, 4.69) is 5.32 Å². The van der Waals surface area contributed by atoms with Crippen LogP contribution in [0.3, 0.4) is 0 Å². The van der Waals surface area contributed by atoms with Gasteiger partial charge < -0.3 is 27.0 Å². The monoisotopic (exact) mass is 399 g/mol. The Hall–Kier alpha value is -2.00. The molecule has 0 aliphatic heterocycles. The highest BCUT2D eigenvalue weighted by atomic mass is 35.5. The van der Waals surface area contributed by atoms with E-state index in [9.17, 15) is 19.5 Å².